The molecule has 2 rings (SSSR count). The number of imidazole rings is 1. The summed E-state index contributed by atoms with van der Waals surface area (Å²) in [6.07, 6.45) is 5.66. The van der Waals surface area contributed by atoms with Gasteiger partial charge in [-0.3, -0.25) is 0 Å². The molecule has 0 fully saturated rings. The van der Waals surface area contributed by atoms with E-state index in [-0.39, 0.29) is 0 Å². The van der Waals surface area contributed by atoms with Crippen molar-refractivity contribution < 1.29 is 0 Å². The Morgan fingerprint density at radius 2 is 1.89 bits per heavy atom. The third-order valence-electron chi connectivity index (χ3n) is 3.73. The first kappa shape index (κ1) is 13.8. The second kappa shape index (κ2) is 6.02. The molecule has 0 amide bonds. The minimum Gasteiger partial charge on any atom is -0.336 e. The molecule has 0 aliphatic rings. The average molecular weight is 257 g/mol. The van der Waals surface area contributed by atoms with E-state index < -0.39 is 0 Å². The Balaban J connectivity index is 1.96. The molecular formula is C16H23N3. The Bertz CT molecular complexity index is 529. The van der Waals surface area contributed by atoms with E-state index in [4.69, 9.17) is 0 Å². The molecule has 1 atom stereocenters. The maximum atomic E-state index is 4.05. The second-order valence-electron chi connectivity index (χ2n) is 5.27. The lowest BCUT2D eigenvalue weighted by molar-refractivity contribution is 0.529. The van der Waals surface area contributed by atoms with Gasteiger partial charge in [0.05, 0.1) is 6.33 Å². The summed E-state index contributed by atoms with van der Waals surface area (Å²) in [5.41, 5.74) is 5.50. The SMILES string of the molecule is Cc1cc(C)c(C(C)NCCn2ccnc2)cc1C. The minimum absolute atomic E-state index is 0.378. The van der Waals surface area contributed by atoms with Crippen LogP contribution in [0.4, 0.5) is 0 Å². The molecule has 3 heteroatoms. The van der Waals surface area contributed by atoms with Crippen LogP contribution in [-0.2, 0) is 6.54 Å². The smallest absolute Gasteiger partial charge is 0.0946 e. The highest BCUT2D eigenvalue weighted by molar-refractivity contribution is 5.37. The van der Waals surface area contributed by atoms with E-state index in [0.717, 1.165) is 13.1 Å². The molecular weight excluding hydrogens is 234 g/mol. The Kier molecular flexibility index (Phi) is 4.38. The van der Waals surface area contributed by atoms with E-state index in [1.165, 1.54) is 22.3 Å². The standard InChI is InChI=1S/C16H23N3/c1-12-9-14(3)16(10-13(12)2)15(4)18-6-8-19-7-5-17-11-19/h5,7,9-11,15,18H,6,8H2,1-4H3. The van der Waals surface area contributed by atoms with Crippen LogP contribution in [0.3, 0.4) is 0 Å². The quantitative estimate of drug-likeness (QED) is 0.891. The predicted molar refractivity (Wildman–Crippen MR) is 79.3 cm³/mol. The van der Waals surface area contributed by atoms with Gasteiger partial charge in [-0.2, -0.15) is 0 Å². The molecule has 0 spiro atoms. The number of hydrogen-bond donors (Lipinski definition) is 1. The number of benzene rings is 1. The molecule has 1 aromatic carbocycles. The first-order chi connectivity index (χ1) is 9.08. The van der Waals surface area contributed by atoms with Gasteiger partial charge in [0.15, 0.2) is 0 Å². The first-order valence-electron chi connectivity index (χ1n) is 6.85. The van der Waals surface area contributed by atoms with Crippen LogP contribution in [0.15, 0.2) is 30.9 Å². The van der Waals surface area contributed by atoms with Crippen molar-refractivity contribution in [3.05, 3.63) is 53.1 Å². The number of rotatable bonds is 5. The Labute approximate surface area is 115 Å². The number of nitrogens with zero attached hydrogens (tertiary/aromatic N) is 2. The summed E-state index contributed by atoms with van der Waals surface area (Å²) in [5.74, 6) is 0. The lowest BCUT2D eigenvalue weighted by Crippen LogP contribution is -2.23. The normalized spacial score (nSPS) is 12.6. The Morgan fingerprint density at radius 1 is 1.16 bits per heavy atom. The van der Waals surface area contributed by atoms with Gasteiger partial charge in [0.25, 0.3) is 0 Å². The minimum atomic E-state index is 0.378. The maximum absolute atomic E-state index is 4.05. The van der Waals surface area contributed by atoms with E-state index in [9.17, 15) is 0 Å². The molecule has 3 nitrogen and oxygen atoms in total. The van der Waals surface area contributed by atoms with E-state index in [1.54, 1.807) is 0 Å². The summed E-state index contributed by atoms with van der Waals surface area (Å²) < 4.78 is 2.09. The van der Waals surface area contributed by atoms with Crippen LogP contribution in [0.5, 0.6) is 0 Å². The first-order valence-corrected chi connectivity index (χ1v) is 6.85. The van der Waals surface area contributed by atoms with Gasteiger partial charge in [-0.25, -0.2) is 4.98 Å². The molecule has 0 bridgehead atoms. The number of aryl methyl sites for hydroxylation is 3. The van der Waals surface area contributed by atoms with Crippen LogP contribution >= 0.6 is 0 Å². The van der Waals surface area contributed by atoms with Crippen LogP contribution in [0, 0.1) is 20.8 Å². The van der Waals surface area contributed by atoms with Gasteiger partial charge < -0.3 is 9.88 Å². The molecule has 102 valence electrons. The number of nitrogens with one attached hydrogen (secondary N) is 1. The topological polar surface area (TPSA) is 29.9 Å². The second-order valence-corrected chi connectivity index (χ2v) is 5.27. The Hall–Kier alpha value is -1.61. The van der Waals surface area contributed by atoms with Crippen LogP contribution < -0.4 is 5.32 Å². The zero-order valence-corrected chi connectivity index (χ0v) is 12.3. The highest BCUT2D eigenvalue weighted by Crippen LogP contribution is 2.21. The molecule has 1 aromatic heterocycles. The van der Waals surface area contributed by atoms with Crippen LogP contribution in [0.1, 0.15) is 35.2 Å². The molecule has 0 radical (unpaired) electrons. The average Bonchev–Trinajstić information content (AvgIpc) is 2.86. The molecule has 1 heterocycles. The summed E-state index contributed by atoms with van der Waals surface area (Å²) in [4.78, 5) is 4.05. The van der Waals surface area contributed by atoms with Gasteiger partial charge in [0.2, 0.25) is 0 Å². The van der Waals surface area contributed by atoms with E-state index in [2.05, 4.69) is 54.7 Å². The monoisotopic (exact) mass is 257 g/mol. The molecule has 1 N–H and O–H groups in total. The summed E-state index contributed by atoms with van der Waals surface area (Å²) in [5, 5.41) is 3.58. The molecule has 1 unspecified atom stereocenters. The summed E-state index contributed by atoms with van der Waals surface area (Å²) >= 11 is 0. The van der Waals surface area contributed by atoms with Crippen LogP contribution in [0.25, 0.3) is 0 Å². The predicted octanol–water partition coefficient (Wildman–Crippen LogP) is 3.16. The summed E-state index contributed by atoms with van der Waals surface area (Å²) in [7, 11) is 0. The lowest BCUT2D eigenvalue weighted by atomic mass is 9.96. The van der Waals surface area contributed by atoms with Crippen molar-refractivity contribution >= 4 is 0 Å². The largest absolute Gasteiger partial charge is 0.336 e. The van der Waals surface area contributed by atoms with Crippen molar-refractivity contribution in [1.82, 2.24) is 14.9 Å². The maximum Gasteiger partial charge on any atom is 0.0946 e. The lowest BCUT2D eigenvalue weighted by Gasteiger charge is -2.18. The fraction of sp³-hybridized carbons (Fsp3) is 0.438. The molecule has 19 heavy (non-hydrogen) atoms. The van der Waals surface area contributed by atoms with Crippen molar-refractivity contribution in [2.45, 2.75) is 40.3 Å². The van der Waals surface area contributed by atoms with Gasteiger partial charge in [0, 0.05) is 31.5 Å². The van der Waals surface area contributed by atoms with Gasteiger partial charge >= 0.3 is 0 Å². The highest BCUT2D eigenvalue weighted by Gasteiger charge is 2.09. The van der Waals surface area contributed by atoms with E-state index in [1.807, 2.05) is 18.7 Å². The summed E-state index contributed by atoms with van der Waals surface area (Å²) in [6, 6.07) is 4.96. The molecule has 0 aliphatic heterocycles. The van der Waals surface area contributed by atoms with E-state index in [0.29, 0.717) is 6.04 Å². The van der Waals surface area contributed by atoms with Crippen molar-refractivity contribution in [2.24, 2.45) is 0 Å². The molecule has 2 aromatic rings. The van der Waals surface area contributed by atoms with Crippen molar-refractivity contribution in [3.63, 3.8) is 0 Å². The van der Waals surface area contributed by atoms with Gasteiger partial charge in [-0.1, -0.05) is 12.1 Å². The van der Waals surface area contributed by atoms with Crippen molar-refractivity contribution in [1.29, 1.82) is 0 Å². The fourth-order valence-electron chi connectivity index (χ4n) is 2.39. The summed E-state index contributed by atoms with van der Waals surface area (Å²) in [6.45, 7) is 10.7. The molecule has 0 saturated heterocycles. The fourth-order valence-corrected chi connectivity index (χ4v) is 2.39. The van der Waals surface area contributed by atoms with Gasteiger partial charge in [0.1, 0.15) is 0 Å². The van der Waals surface area contributed by atoms with Crippen LogP contribution in [-0.4, -0.2) is 16.1 Å². The molecule has 0 saturated carbocycles. The van der Waals surface area contributed by atoms with Crippen molar-refractivity contribution in [2.75, 3.05) is 6.54 Å². The third kappa shape index (κ3) is 3.44. The van der Waals surface area contributed by atoms with Crippen molar-refractivity contribution in [3.8, 4) is 0 Å². The third-order valence-corrected chi connectivity index (χ3v) is 3.73. The van der Waals surface area contributed by atoms with Gasteiger partial charge in [-0.05, 0) is 49.9 Å². The Morgan fingerprint density at radius 3 is 2.58 bits per heavy atom. The van der Waals surface area contributed by atoms with Crippen LogP contribution in [0.2, 0.25) is 0 Å². The zero-order valence-electron chi connectivity index (χ0n) is 12.3. The molecule has 0 aliphatic carbocycles. The van der Waals surface area contributed by atoms with Gasteiger partial charge in [-0.15, -0.1) is 0 Å². The highest BCUT2D eigenvalue weighted by atomic mass is 15.0. The van der Waals surface area contributed by atoms with E-state index >= 15 is 0 Å². The number of aromatic nitrogens is 2. The number of hydrogen-bond acceptors (Lipinski definition) is 2. The zero-order chi connectivity index (χ0) is 13.8.